The number of ether oxygens (including phenoxy) is 1. The van der Waals surface area contributed by atoms with Gasteiger partial charge in [-0.2, -0.15) is 0 Å². The molecule has 0 fully saturated rings. The van der Waals surface area contributed by atoms with Crippen LogP contribution in [0.15, 0.2) is 39.6 Å². The molecule has 0 radical (unpaired) electrons. The number of rotatable bonds is 5. The first kappa shape index (κ1) is 13.1. The Bertz CT molecular complexity index is 601. The lowest BCUT2D eigenvalue weighted by atomic mass is 10.1. The van der Waals surface area contributed by atoms with Crippen LogP contribution in [0, 0.1) is 0 Å². The number of methoxy groups -OCH3 is 1. The summed E-state index contributed by atoms with van der Waals surface area (Å²) in [5.41, 5.74) is 0.863. The number of carbonyl (C=O) groups is 1. The number of nitrogens with one attached hydrogen (secondary N) is 1. The third-order valence-electron chi connectivity index (χ3n) is 2.82. The van der Waals surface area contributed by atoms with Crippen LogP contribution in [0.1, 0.15) is 11.3 Å². The van der Waals surface area contributed by atoms with E-state index in [9.17, 15) is 9.59 Å². The molecule has 0 aliphatic heterocycles. The van der Waals surface area contributed by atoms with E-state index >= 15 is 0 Å². The molecule has 0 amide bonds. The maximum absolute atomic E-state index is 11.5. The summed E-state index contributed by atoms with van der Waals surface area (Å²) in [6.07, 6.45) is 0.631. The Hall–Kier alpha value is -2.37. The minimum absolute atomic E-state index is 0.100. The van der Waals surface area contributed by atoms with Crippen LogP contribution >= 0.6 is 0 Å². The Morgan fingerprint density at radius 3 is 2.79 bits per heavy atom. The van der Waals surface area contributed by atoms with Crippen LogP contribution in [0.25, 0.3) is 0 Å². The molecule has 1 heterocycles. The van der Waals surface area contributed by atoms with Crippen molar-refractivity contribution >= 4 is 5.97 Å². The topological polar surface area (TPSA) is 76.2 Å². The molecule has 1 N–H and O–H groups in total. The van der Waals surface area contributed by atoms with E-state index in [0.29, 0.717) is 6.54 Å². The van der Waals surface area contributed by atoms with Gasteiger partial charge in [-0.05, 0) is 10.8 Å². The van der Waals surface area contributed by atoms with Crippen molar-refractivity contribution in [3.63, 3.8) is 0 Å². The summed E-state index contributed by atoms with van der Waals surface area (Å²) in [6.45, 7) is 0.530. The maximum Gasteiger partial charge on any atom is 0.430 e. The summed E-state index contributed by atoms with van der Waals surface area (Å²) >= 11 is 0. The Morgan fingerprint density at radius 2 is 2.11 bits per heavy atom. The molecule has 1 aromatic carbocycles. The van der Waals surface area contributed by atoms with Crippen LogP contribution in [0.3, 0.4) is 0 Å². The average molecular weight is 263 g/mol. The maximum atomic E-state index is 11.5. The first-order chi connectivity index (χ1) is 9.20. The highest BCUT2D eigenvalue weighted by molar-refractivity contribution is 5.71. The van der Waals surface area contributed by atoms with E-state index in [1.807, 2.05) is 30.3 Å². The van der Waals surface area contributed by atoms with E-state index in [1.54, 1.807) is 0 Å². The molecular formula is C13H15N2O4+. The van der Waals surface area contributed by atoms with Gasteiger partial charge in [-0.25, -0.2) is 4.79 Å². The smallest absolute Gasteiger partial charge is 0.430 e. The number of H-pyrrole nitrogens is 1. The third kappa shape index (κ3) is 3.31. The number of nitrogens with zero attached hydrogens (tertiary/aromatic N) is 1. The quantitative estimate of drug-likeness (QED) is 0.618. The molecule has 0 bridgehead atoms. The van der Waals surface area contributed by atoms with Crippen LogP contribution in [0.4, 0.5) is 0 Å². The predicted molar refractivity (Wildman–Crippen MR) is 65.4 cm³/mol. The summed E-state index contributed by atoms with van der Waals surface area (Å²) in [5.74, 6) is -0.472. The molecule has 2 aromatic rings. The number of aromatic nitrogens is 2. The Morgan fingerprint density at radius 1 is 1.37 bits per heavy atom. The molecule has 0 aliphatic carbocycles. The number of hydrogen-bond donors (Lipinski definition) is 1. The van der Waals surface area contributed by atoms with Gasteiger partial charge in [0.2, 0.25) is 0 Å². The summed E-state index contributed by atoms with van der Waals surface area (Å²) in [7, 11) is 1.28. The summed E-state index contributed by atoms with van der Waals surface area (Å²) in [4.78, 5) is 22.7. The number of esters is 1. The average Bonchev–Trinajstić information content (AvgIpc) is 2.78. The van der Waals surface area contributed by atoms with Crippen molar-refractivity contribution in [1.29, 1.82) is 0 Å². The number of carbonyl (C=O) groups excluding carboxylic acids is 1. The van der Waals surface area contributed by atoms with Crippen molar-refractivity contribution in [2.75, 3.05) is 7.11 Å². The lowest BCUT2D eigenvalue weighted by Gasteiger charge is -1.97. The van der Waals surface area contributed by atoms with E-state index in [0.717, 1.165) is 12.0 Å². The number of benzene rings is 1. The lowest BCUT2D eigenvalue weighted by Crippen LogP contribution is -2.43. The van der Waals surface area contributed by atoms with E-state index in [2.05, 4.69) is 10.0 Å². The largest absolute Gasteiger partial charge is 0.469 e. The number of hydrogen-bond acceptors (Lipinski definition) is 4. The van der Waals surface area contributed by atoms with Crippen molar-refractivity contribution < 1.29 is 18.7 Å². The Kier molecular flexibility index (Phi) is 4.12. The highest BCUT2D eigenvalue weighted by Gasteiger charge is 2.24. The molecule has 0 saturated carbocycles. The third-order valence-corrected chi connectivity index (χ3v) is 2.82. The van der Waals surface area contributed by atoms with Gasteiger partial charge < -0.3 is 4.74 Å². The second-order valence-corrected chi connectivity index (χ2v) is 4.07. The molecule has 0 unspecified atom stereocenters. The molecule has 19 heavy (non-hydrogen) atoms. The van der Waals surface area contributed by atoms with Gasteiger partial charge >= 0.3 is 17.3 Å². The lowest BCUT2D eigenvalue weighted by molar-refractivity contribution is -0.767. The van der Waals surface area contributed by atoms with E-state index < -0.39 is 11.6 Å². The highest BCUT2D eigenvalue weighted by Crippen LogP contribution is 1.99. The zero-order valence-corrected chi connectivity index (χ0v) is 10.6. The van der Waals surface area contributed by atoms with Crippen LogP contribution in [0.5, 0.6) is 0 Å². The zero-order chi connectivity index (χ0) is 13.7. The molecule has 1 aromatic heterocycles. The fraction of sp³-hybridized carbons (Fsp3) is 0.308. The first-order valence-corrected chi connectivity index (χ1v) is 5.91. The summed E-state index contributed by atoms with van der Waals surface area (Å²) < 4.78 is 10.8. The number of aromatic amines is 1. The molecule has 0 atom stereocenters. The molecule has 0 saturated heterocycles. The molecule has 100 valence electrons. The Balaban J connectivity index is 2.08. The van der Waals surface area contributed by atoms with Gasteiger partial charge in [0, 0.05) is 6.42 Å². The van der Waals surface area contributed by atoms with Crippen LogP contribution in [-0.2, 0) is 28.9 Å². The molecule has 0 aliphatic rings. The first-order valence-electron chi connectivity index (χ1n) is 5.91. The second kappa shape index (κ2) is 5.99. The van der Waals surface area contributed by atoms with Gasteiger partial charge in [0.05, 0.1) is 7.11 Å². The number of aryl methyl sites for hydroxylation is 2. The van der Waals surface area contributed by atoms with Gasteiger partial charge in [-0.15, -0.1) is 0 Å². The SMILES string of the molecule is COC(=O)Cc1c(=O)o[nH][n+]1CCc1ccccc1. The fourth-order valence-electron chi connectivity index (χ4n) is 1.76. The minimum atomic E-state index is -0.543. The van der Waals surface area contributed by atoms with Gasteiger partial charge in [0.1, 0.15) is 6.42 Å². The van der Waals surface area contributed by atoms with Gasteiger partial charge in [-0.1, -0.05) is 35.0 Å². The van der Waals surface area contributed by atoms with Crippen LogP contribution in [-0.4, -0.2) is 18.4 Å². The molecule has 6 nitrogen and oxygen atoms in total. The van der Waals surface area contributed by atoms with Crippen LogP contribution < -0.4 is 10.3 Å². The second-order valence-electron chi connectivity index (χ2n) is 4.07. The standard InChI is InChI=1S/C13H14N2O4/c1-18-12(16)9-11-13(17)19-14-15(11)8-7-10-5-3-2-4-6-10/h2-6H,7-9H2,1H3/p+1. The van der Waals surface area contributed by atoms with Gasteiger partial charge in [0.15, 0.2) is 6.54 Å². The van der Waals surface area contributed by atoms with Crippen molar-refractivity contribution in [3.05, 3.63) is 52.0 Å². The predicted octanol–water partition coefficient (Wildman–Crippen LogP) is 0.214. The highest BCUT2D eigenvalue weighted by atomic mass is 16.5. The van der Waals surface area contributed by atoms with E-state index in [4.69, 9.17) is 4.52 Å². The summed E-state index contributed by atoms with van der Waals surface area (Å²) in [5, 5.41) is 2.50. The van der Waals surface area contributed by atoms with Gasteiger partial charge in [-0.3, -0.25) is 9.32 Å². The molecule has 0 spiro atoms. The zero-order valence-electron chi connectivity index (χ0n) is 10.6. The molecule has 6 heteroatoms. The minimum Gasteiger partial charge on any atom is -0.469 e. The molecular weight excluding hydrogens is 248 g/mol. The van der Waals surface area contributed by atoms with Crippen molar-refractivity contribution in [2.45, 2.75) is 19.4 Å². The van der Waals surface area contributed by atoms with Crippen molar-refractivity contribution in [3.8, 4) is 0 Å². The Labute approximate surface area is 109 Å². The molecule has 2 rings (SSSR count). The van der Waals surface area contributed by atoms with Crippen molar-refractivity contribution in [1.82, 2.24) is 5.27 Å². The summed E-state index contributed by atoms with van der Waals surface area (Å²) in [6, 6.07) is 9.84. The normalized spacial score (nSPS) is 10.4. The van der Waals surface area contributed by atoms with E-state index in [-0.39, 0.29) is 12.1 Å². The fourth-order valence-corrected chi connectivity index (χ4v) is 1.76. The van der Waals surface area contributed by atoms with Crippen LogP contribution in [0.2, 0.25) is 0 Å². The van der Waals surface area contributed by atoms with Crippen molar-refractivity contribution in [2.24, 2.45) is 0 Å². The van der Waals surface area contributed by atoms with E-state index in [1.165, 1.54) is 11.8 Å². The monoisotopic (exact) mass is 263 g/mol. The van der Waals surface area contributed by atoms with Gasteiger partial charge in [0.25, 0.3) is 0 Å².